The summed E-state index contributed by atoms with van der Waals surface area (Å²) in [6, 6.07) is 14.9. The number of aromatic nitrogens is 1. The molecule has 1 saturated heterocycles. The lowest BCUT2D eigenvalue weighted by Gasteiger charge is -2.13. The van der Waals surface area contributed by atoms with Crippen LogP contribution < -0.4 is 5.32 Å². The number of carbonyl (C=O) groups excluding carboxylic acids is 2. The number of carbonyl (C=O) groups is 2. The summed E-state index contributed by atoms with van der Waals surface area (Å²) in [4.78, 5) is 32.2. The SMILES string of the molecule is CC(=Cc1ccccc1)C=C1SC(=S)N(CCCC(=O)Nc2ncc(Cc3cccc(C(F)(F)F)c3)s2)C1=O. The molecule has 1 aliphatic rings. The van der Waals surface area contributed by atoms with Crippen LogP contribution in [0.1, 0.15) is 41.3 Å². The zero-order chi connectivity index (χ0) is 28.0. The second kappa shape index (κ2) is 12.7. The number of allylic oxidation sites excluding steroid dienone is 2. The molecule has 0 unspecified atom stereocenters. The monoisotopic (exact) mass is 587 g/mol. The van der Waals surface area contributed by atoms with Crippen molar-refractivity contribution in [3.63, 3.8) is 0 Å². The van der Waals surface area contributed by atoms with Crippen molar-refractivity contribution in [3.05, 3.63) is 98.9 Å². The average Bonchev–Trinajstić information content (AvgIpc) is 3.42. The predicted molar refractivity (Wildman–Crippen MR) is 154 cm³/mol. The molecule has 202 valence electrons. The lowest BCUT2D eigenvalue weighted by Crippen LogP contribution is -2.29. The molecule has 0 saturated carbocycles. The standard InChI is InChI=1S/C28H24F3N3O2S3/c1-18(13-19-7-3-2-4-8-19)14-23-25(36)34(27(37)39-23)12-6-11-24(35)33-26-32-17-22(38-26)16-20-9-5-10-21(15-20)28(29,30)31/h2-5,7-10,13-15,17H,6,11-12,16H2,1H3,(H,32,33,35). The van der Waals surface area contributed by atoms with Gasteiger partial charge in [0.05, 0.1) is 10.5 Å². The summed E-state index contributed by atoms with van der Waals surface area (Å²) in [5.41, 5.74) is 1.77. The van der Waals surface area contributed by atoms with Gasteiger partial charge in [0.1, 0.15) is 4.32 Å². The number of amides is 2. The van der Waals surface area contributed by atoms with Crippen molar-refractivity contribution in [1.82, 2.24) is 9.88 Å². The Balaban J connectivity index is 1.26. The maximum atomic E-state index is 12.9. The molecule has 1 N–H and O–H groups in total. The smallest absolute Gasteiger partial charge is 0.302 e. The molecule has 4 rings (SSSR count). The summed E-state index contributed by atoms with van der Waals surface area (Å²) in [6.07, 6.45) is 1.79. The Kier molecular flexibility index (Phi) is 9.36. The van der Waals surface area contributed by atoms with E-state index in [-0.39, 0.29) is 24.7 Å². The first kappa shape index (κ1) is 28.7. The highest BCUT2D eigenvalue weighted by Crippen LogP contribution is 2.33. The zero-order valence-corrected chi connectivity index (χ0v) is 23.3. The van der Waals surface area contributed by atoms with Gasteiger partial charge in [-0.05, 0) is 42.2 Å². The molecule has 2 heterocycles. The molecule has 0 bridgehead atoms. The van der Waals surface area contributed by atoms with Crippen LogP contribution in [0, 0.1) is 0 Å². The molecule has 5 nitrogen and oxygen atoms in total. The number of hydrogen-bond acceptors (Lipinski definition) is 6. The first-order valence-corrected chi connectivity index (χ1v) is 14.0. The van der Waals surface area contributed by atoms with Crippen LogP contribution in [0.2, 0.25) is 0 Å². The van der Waals surface area contributed by atoms with E-state index in [0.717, 1.165) is 28.1 Å². The lowest BCUT2D eigenvalue weighted by molar-refractivity contribution is -0.137. The van der Waals surface area contributed by atoms with Crippen molar-refractivity contribution in [2.45, 2.75) is 32.4 Å². The topological polar surface area (TPSA) is 62.3 Å². The van der Waals surface area contributed by atoms with Crippen molar-refractivity contribution in [1.29, 1.82) is 0 Å². The molecule has 1 fully saturated rings. The third-order valence-electron chi connectivity index (χ3n) is 5.64. The lowest BCUT2D eigenvalue weighted by atomic mass is 10.1. The second-order valence-electron chi connectivity index (χ2n) is 8.79. The van der Waals surface area contributed by atoms with E-state index >= 15 is 0 Å². The van der Waals surface area contributed by atoms with E-state index in [9.17, 15) is 22.8 Å². The number of thiazole rings is 1. The van der Waals surface area contributed by atoms with E-state index in [1.807, 2.05) is 49.4 Å². The number of nitrogens with one attached hydrogen (secondary N) is 1. The number of thioether (sulfide) groups is 1. The van der Waals surface area contributed by atoms with E-state index in [4.69, 9.17) is 12.2 Å². The molecule has 1 aromatic heterocycles. The molecular weight excluding hydrogens is 564 g/mol. The molecule has 2 aromatic carbocycles. The fourth-order valence-electron chi connectivity index (χ4n) is 3.84. The van der Waals surface area contributed by atoms with Crippen molar-refractivity contribution in [2.24, 2.45) is 0 Å². The van der Waals surface area contributed by atoms with Crippen LogP contribution in [-0.2, 0) is 22.2 Å². The van der Waals surface area contributed by atoms with Crippen LogP contribution >= 0.6 is 35.3 Å². The van der Waals surface area contributed by atoms with Gasteiger partial charge in [0.2, 0.25) is 5.91 Å². The molecule has 0 spiro atoms. The predicted octanol–water partition coefficient (Wildman–Crippen LogP) is 7.32. The maximum Gasteiger partial charge on any atom is 0.416 e. The van der Waals surface area contributed by atoms with E-state index in [2.05, 4.69) is 10.3 Å². The van der Waals surface area contributed by atoms with Crippen LogP contribution in [0.25, 0.3) is 6.08 Å². The second-order valence-corrected chi connectivity index (χ2v) is 11.6. The van der Waals surface area contributed by atoms with Crippen molar-refractivity contribution < 1.29 is 22.8 Å². The molecule has 39 heavy (non-hydrogen) atoms. The Labute approximate surface area is 237 Å². The van der Waals surface area contributed by atoms with E-state index in [0.29, 0.717) is 32.9 Å². The van der Waals surface area contributed by atoms with E-state index in [1.54, 1.807) is 12.3 Å². The highest BCUT2D eigenvalue weighted by atomic mass is 32.2. The number of thiocarbonyl (C=S) groups is 1. The fraction of sp³-hybridized carbons (Fsp3) is 0.214. The van der Waals surface area contributed by atoms with Gasteiger partial charge in [-0.25, -0.2) is 4.98 Å². The normalized spacial score (nSPS) is 15.3. The van der Waals surface area contributed by atoms with Gasteiger partial charge in [-0.2, -0.15) is 13.2 Å². The van der Waals surface area contributed by atoms with Crippen LogP contribution in [0.4, 0.5) is 18.3 Å². The van der Waals surface area contributed by atoms with Crippen molar-refractivity contribution >= 4 is 62.7 Å². The zero-order valence-electron chi connectivity index (χ0n) is 20.8. The minimum absolute atomic E-state index is 0.158. The largest absolute Gasteiger partial charge is 0.416 e. The van der Waals surface area contributed by atoms with Gasteiger partial charge in [0.25, 0.3) is 5.91 Å². The van der Waals surface area contributed by atoms with Gasteiger partial charge in [0.15, 0.2) is 5.13 Å². The highest BCUT2D eigenvalue weighted by Gasteiger charge is 2.32. The third kappa shape index (κ3) is 8.11. The van der Waals surface area contributed by atoms with Gasteiger partial charge in [0, 0.05) is 30.5 Å². The van der Waals surface area contributed by atoms with E-state index < -0.39 is 11.7 Å². The number of rotatable bonds is 9. The highest BCUT2D eigenvalue weighted by molar-refractivity contribution is 8.26. The first-order valence-electron chi connectivity index (χ1n) is 12.0. The number of anilines is 1. The summed E-state index contributed by atoms with van der Waals surface area (Å²) >= 11 is 7.84. The first-order chi connectivity index (χ1) is 18.6. The molecule has 2 amide bonds. The molecule has 0 aliphatic carbocycles. The quantitative estimate of drug-likeness (QED) is 0.210. The summed E-state index contributed by atoms with van der Waals surface area (Å²) in [7, 11) is 0. The molecule has 0 radical (unpaired) electrons. The number of hydrogen-bond donors (Lipinski definition) is 1. The Bertz CT molecular complexity index is 1430. The molecular formula is C28H24F3N3O2S3. The fourth-order valence-corrected chi connectivity index (χ4v) is 6.06. The molecule has 0 atom stereocenters. The number of alkyl halides is 3. The molecule has 3 aromatic rings. The van der Waals surface area contributed by atoms with Crippen LogP contribution in [0.15, 0.2) is 77.3 Å². The van der Waals surface area contributed by atoms with Crippen molar-refractivity contribution in [3.8, 4) is 0 Å². The molecule has 11 heteroatoms. The average molecular weight is 588 g/mol. The van der Waals surface area contributed by atoms with Crippen LogP contribution in [-0.4, -0.2) is 32.6 Å². The summed E-state index contributed by atoms with van der Waals surface area (Å²) in [6.45, 7) is 2.24. The summed E-state index contributed by atoms with van der Waals surface area (Å²) in [5, 5.41) is 3.09. The van der Waals surface area contributed by atoms with Crippen molar-refractivity contribution in [2.75, 3.05) is 11.9 Å². The Morgan fingerprint density at radius 2 is 1.92 bits per heavy atom. The Hall–Kier alpha value is -3.28. The minimum atomic E-state index is -4.40. The maximum absolute atomic E-state index is 12.9. The van der Waals surface area contributed by atoms with Gasteiger partial charge in [-0.3, -0.25) is 14.5 Å². The third-order valence-corrected chi connectivity index (χ3v) is 7.93. The number of halogens is 3. The summed E-state index contributed by atoms with van der Waals surface area (Å²) in [5.74, 6) is -0.442. The Morgan fingerprint density at radius 1 is 1.15 bits per heavy atom. The molecule has 1 aliphatic heterocycles. The van der Waals surface area contributed by atoms with Gasteiger partial charge in [-0.15, -0.1) is 11.3 Å². The Morgan fingerprint density at radius 3 is 2.67 bits per heavy atom. The van der Waals surface area contributed by atoms with E-state index in [1.165, 1.54) is 34.1 Å². The van der Waals surface area contributed by atoms with Crippen LogP contribution in [0.5, 0.6) is 0 Å². The number of nitrogens with zero attached hydrogens (tertiary/aromatic N) is 2. The van der Waals surface area contributed by atoms with Crippen LogP contribution in [0.3, 0.4) is 0 Å². The van der Waals surface area contributed by atoms with Gasteiger partial charge < -0.3 is 5.32 Å². The minimum Gasteiger partial charge on any atom is -0.302 e. The number of benzene rings is 2. The van der Waals surface area contributed by atoms with Gasteiger partial charge >= 0.3 is 6.18 Å². The van der Waals surface area contributed by atoms with Gasteiger partial charge in [-0.1, -0.05) is 78.6 Å². The summed E-state index contributed by atoms with van der Waals surface area (Å²) < 4.78 is 39.3.